The molecule has 28 heavy (non-hydrogen) atoms. The lowest BCUT2D eigenvalue weighted by molar-refractivity contribution is -0.140. The molecule has 0 radical (unpaired) electrons. The second-order valence-corrected chi connectivity index (χ2v) is 6.16. The Hall–Kier alpha value is -3.16. The summed E-state index contributed by atoms with van der Waals surface area (Å²) in [6.45, 7) is 11.2. The average Bonchev–Trinajstić information content (AvgIpc) is 2.63. The number of anilines is 2. The van der Waals surface area contributed by atoms with Gasteiger partial charge in [-0.05, 0) is 13.8 Å². The predicted octanol–water partition coefficient (Wildman–Crippen LogP) is 2.63. The van der Waals surface area contributed by atoms with Crippen LogP contribution in [0.5, 0.6) is 11.5 Å². The van der Waals surface area contributed by atoms with Crippen LogP contribution in [0.15, 0.2) is 36.4 Å². The van der Waals surface area contributed by atoms with Crippen LogP contribution < -0.4 is 20.9 Å². The second kappa shape index (κ2) is 11.5. The molecule has 0 saturated heterocycles. The van der Waals surface area contributed by atoms with Crippen molar-refractivity contribution in [3.05, 3.63) is 36.4 Å². The van der Waals surface area contributed by atoms with Crippen LogP contribution >= 0.6 is 0 Å². The Labute approximate surface area is 165 Å². The summed E-state index contributed by atoms with van der Waals surface area (Å²) in [5.74, 6) is -0.0164. The van der Waals surface area contributed by atoms with Gasteiger partial charge in [0.05, 0.1) is 37.8 Å². The minimum atomic E-state index is -0.431. The monoisotopic (exact) mass is 392 g/mol. The van der Waals surface area contributed by atoms with Gasteiger partial charge in [-0.25, -0.2) is 9.59 Å². The van der Waals surface area contributed by atoms with E-state index in [-0.39, 0.29) is 13.2 Å². The molecule has 1 aromatic carbocycles. The number of nitrogens with two attached hydrogens (primary N) is 2. The van der Waals surface area contributed by atoms with Gasteiger partial charge in [-0.1, -0.05) is 13.2 Å². The Kier molecular flexibility index (Phi) is 9.42. The minimum absolute atomic E-state index is 0.220. The van der Waals surface area contributed by atoms with Crippen LogP contribution in [-0.4, -0.2) is 38.4 Å². The maximum atomic E-state index is 11.3. The quantitative estimate of drug-likeness (QED) is 0.241. The molecule has 4 N–H and O–H groups in total. The first-order chi connectivity index (χ1) is 13.2. The third-order valence-corrected chi connectivity index (χ3v) is 3.40. The molecule has 0 fully saturated rings. The molecule has 0 spiro atoms. The fraction of sp³-hybridized carbons (Fsp3) is 0.400. The molecule has 0 heterocycles. The van der Waals surface area contributed by atoms with Crippen LogP contribution in [0.4, 0.5) is 11.4 Å². The highest BCUT2D eigenvalue weighted by Crippen LogP contribution is 2.33. The summed E-state index contributed by atoms with van der Waals surface area (Å²) in [5, 5.41) is 0. The Morgan fingerprint density at radius 2 is 1.14 bits per heavy atom. The van der Waals surface area contributed by atoms with Crippen LogP contribution in [-0.2, 0) is 19.1 Å². The van der Waals surface area contributed by atoms with Crippen molar-refractivity contribution in [3.8, 4) is 11.5 Å². The molecule has 0 aliphatic carbocycles. The maximum Gasteiger partial charge on any atom is 0.333 e. The first-order valence-electron chi connectivity index (χ1n) is 8.82. The third-order valence-electron chi connectivity index (χ3n) is 3.40. The summed E-state index contributed by atoms with van der Waals surface area (Å²) in [5.41, 5.74) is 13.4. The molecule has 0 aliphatic heterocycles. The number of nitrogen functional groups attached to an aromatic ring is 2. The first-order valence-corrected chi connectivity index (χ1v) is 8.82. The fourth-order valence-electron chi connectivity index (χ4n) is 1.90. The first kappa shape index (κ1) is 22.9. The van der Waals surface area contributed by atoms with Crippen LogP contribution in [0.1, 0.15) is 26.7 Å². The Morgan fingerprint density at radius 1 is 0.786 bits per heavy atom. The molecule has 0 aliphatic rings. The van der Waals surface area contributed by atoms with E-state index in [1.165, 1.54) is 0 Å². The number of hydrogen-bond acceptors (Lipinski definition) is 8. The number of benzene rings is 1. The van der Waals surface area contributed by atoms with E-state index in [1.807, 2.05) is 0 Å². The zero-order valence-electron chi connectivity index (χ0n) is 16.4. The molecule has 0 bridgehead atoms. The minimum Gasteiger partial charge on any atom is -0.491 e. The largest absolute Gasteiger partial charge is 0.491 e. The summed E-state index contributed by atoms with van der Waals surface area (Å²) in [6, 6.07) is 3.15. The van der Waals surface area contributed by atoms with Crippen LogP contribution in [0, 0.1) is 0 Å². The molecule has 0 aromatic heterocycles. The predicted molar refractivity (Wildman–Crippen MR) is 107 cm³/mol. The summed E-state index contributed by atoms with van der Waals surface area (Å²) in [6.07, 6.45) is 0.999. The lowest BCUT2D eigenvalue weighted by atomic mass is 10.2. The van der Waals surface area contributed by atoms with E-state index in [1.54, 1.807) is 26.0 Å². The zero-order chi connectivity index (χ0) is 21.1. The second-order valence-electron chi connectivity index (χ2n) is 6.16. The van der Waals surface area contributed by atoms with Gasteiger partial charge in [0.25, 0.3) is 0 Å². The molecule has 1 aromatic rings. The molecular formula is C20H28N2O6. The Bertz CT molecular complexity index is 668. The smallest absolute Gasteiger partial charge is 0.333 e. The molecule has 0 amide bonds. The molecule has 1 rings (SSSR count). The highest BCUT2D eigenvalue weighted by Gasteiger charge is 2.09. The number of carbonyl (C=O) groups excluding carboxylic acids is 2. The molecule has 8 nitrogen and oxygen atoms in total. The van der Waals surface area contributed by atoms with Gasteiger partial charge in [0.15, 0.2) is 0 Å². The lowest BCUT2D eigenvalue weighted by Crippen LogP contribution is -2.11. The van der Waals surface area contributed by atoms with Crippen molar-refractivity contribution in [1.29, 1.82) is 0 Å². The van der Waals surface area contributed by atoms with Crippen molar-refractivity contribution < 1.29 is 28.5 Å². The van der Waals surface area contributed by atoms with Crippen molar-refractivity contribution in [2.24, 2.45) is 0 Å². The normalized spacial score (nSPS) is 10.1. The average molecular weight is 392 g/mol. The topological polar surface area (TPSA) is 123 Å². The van der Waals surface area contributed by atoms with Crippen LogP contribution in [0.2, 0.25) is 0 Å². The molecule has 0 saturated carbocycles. The van der Waals surface area contributed by atoms with Gasteiger partial charge in [-0.2, -0.15) is 0 Å². The van der Waals surface area contributed by atoms with Crippen molar-refractivity contribution in [2.75, 3.05) is 37.9 Å². The van der Waals surface area contributed by atoms with E-state index < -0.39 is 11.9 Å². The Morgan fingerprint density at radius 3 is 1.46 bits per heavy atom. The third kappa shape index (κ3) is 8.03. The van der Waals surface area contributed by atoms with E-state index >= 15 is 0 Å². The van der Waals surface area contributed by atoms with E-state index in [4.69, 9.17) is 30.4 Å². The van der Waals surface area contributed by atoms with E-state index in [2.05, 4.69) is 13.2 Å². The molecule has 154 valence electrons. The molecule has 0 unspecified atom stereocenters. The number of hydrogen-bond donors (Lipinski definition) is 2. The summed E-state index contributed by atoms with van der Waals surface area (Å²) in [7, 11) is 0. The van der Waals surface area contributed by atoms with E-state index in [0.29, 0.717) is 60.1 Å². The number of rotatable bonds is 12. The highest BCUT2D eigenvalue weighted by molar-refractivity contribution is 5.87. The van der Waals surface area contributed by atoms with Gasteiger partial charge in [-0.3, -0.25) is 0 Å². The van der Waals surface area contributed by atoms with Gasteiger partial charge in [-0.15, -0.1) is 0 Å². The van der Waals surface area contributed by atoms with Gasteiger partial charge < -0.3 is 30.4 Å². The number of ether oxygens (including phenoxy) is 4. The summed E-state index contributed by atoms with van der Waals surface area (Å²) < 4.78 is 21.1. The highest BCUT2D eigenvalue weighted by atomic mass is 16.5. The Balaban J connectivity index is 2.38. The van der Waals surface area contributed by atoms with Crippen molar-refractivity contribution in [3.63, 3.8) is 0 Å². The fourth-order valence-corrected chi connectivity index (χ4v) is 1.90. The molecule has 8 heteroatoms. The zero-order valence-corrected chi connectivity index (χ0v) is 16.4. The van der Waals surface area contributed by atoms with E-state index in [0.717, 1.165) is 0 Å². The van der Waals surface area contributed by atoms with Gasteiger partial charge in [0.2, 0.25) is 0 Å². The van der Waals surface area contributed by atoms with Gasteiger partial charge in [0.1, 0.15) is 11.5 Å². The SMILES string of the molecule is C=C(C)C(=O)OCCCOc1cc(N)c(OCCCOC(=O)C(=C)C)cc1N. The summed E-state index contributed by atoms with van der Waals surface area (Å²) in [4.78, 5) is 22.5. The standard InChI is InChI=1S/C20H28N2O6/c1-13(2)19(23)27-9-5-7-25-17-11-16(22)18(12-15(17)21)26-8-6-10-28-20(24)14(3)4/h11-12H,1,3,5-10,21-22H2,2,4H3. The molecular weight excluding hydrogens is 364 g/mol. The maximum absolute atomic E-state index is 11.3. The van der Waals surface area contributed by atoms with Crippen molar-refractivity contribution in [2.45, 2.75) is 26.7 Å². The summed E-state index contributed by atoms with van der Waals surface area (Å²) >= 11 is 0. The number of carbonyl (C=O) groups is 2. The van der Waals surface area contributed by atoms with Crippen molar-refractivity contribution in [1.82, 2.24) is 0 Å². The lowest BCUT2D eigenvalue weighted by Gasteiger charge is -2.14. The van der Waals surface area contributed by atoms with Crippen LogP contribution in [0.3, 0.4) is 0 Å². The van der Waals surface area contributed by atoms with Gasteiger partial charge in [0, 0.05) is 36.1 Å². The molecule has 0 atom stereocenters. The van der Waals surface area contributed by atoms with Gasteiger partial charge >= 0.3 is 11.9 Å². The van der Waals surface area contributed by atoms with Crippen LogP contribution in [0.25, 0.3) is 0 Å². The van der Waals surface area contributed by atoms with Crippen molar-refractivity contribution >= 4 is 23.3 Å². The van der Waals surface area contributed by atoms with E-state index in [9.17, 15) is 9.59 Å². The number of esters is 2.